The summed E-state index contributed by atoms with van der Waals surface area (Å²) in [5, 5.41) is 0.125. The third-order valence-electron chi connectivity index (χ3n) is 3.25. The second-order valence-corrected chi connectivity index (χ2v) is 7.27. The second kappa shape index (κ2) is 8.26. The standard InChI is InChI=1S/C16H14ClFN2O5S/c17-13-2-1-3-14(18)12(13)9-25-16(22)10-4-6-11(7-5-10)26(23,24)20-8-15(19)21/h1-7,20H,8-9H2,(H2,19,21). The fourth-order valence-corrected chi connectivity index (χ4v) is 3.12. The van der Waals surface area contributed by atoms with Crippen molar-refractivity contribution in [3.63, 3.8) is 0 Å². The highest BCUT2D eigenvalue weighted by atomic mass is 35.5. The maximum Gasteiger partial charge on any atom is 0.338 e. The van der Waals surface area contributed by atoms with Gasteiger partial charge in [-0.15, -0.1) is 0 Å². The lowest BCUT2D eigenvalue weighted by atomic mass is 10.2. The molecular weight excluding hydrogens is 387 g/mol. The number of hydrogen-bond donors (Lipinski definition) is 2. The van der Waals surface area contributed by atoms with Crippen LogP contribution in [0.1, 0.15) is 15.9 Å². The predicted molar refractivity (Wildman–Crippen MR) is 91.4 cm³/mol. The summed E-state index contributed by atoms with van der Waals surface area (Å²) in [6.07, 6.45) is 0. The van der Waals surface area contributed by atoms with Crippen LogP contribution in [-0.2, 0) is 26.2 Å². The van der Waals surface area contributed by atoms with Crippen molar-refractivity contribution in [1.29, 1.82) is 0 Å². The summed E-state index contributed by atoms with van der Waals surface area (Å²) in [5.41, 5.74) is 4.98. The first kappa shape index (κ1) is 19.8. The van der Waals surface area contributed by atoms with E-state index in [2.05, 4.69) is 0 Å². The lowest BCUT2D eigenvalue weighted by Crippen LogP contribution is -2.33. The first-order chi connectivity index (χ1) is 12.2. The van der Waals surface area contributed by atoms with Gasteiger partial charge in [-0.05, 0) is 36.4 Å². The maximum absolute atomic E-state index is 13.6. The molecule has 0 saturated carbocycles. The van der Waals surface area contributed by atoms with E-state index in [9.17, 15) is 22.4 Å². The monoisotopic (exact) mass is 400 g/mol. The molecule has 0 atom stereocenters. The molecule has 2 rings (SSSR count). The summed E-state index contributed by atoms with van der Waals surface area (Å²) in [4.78, 5) is 22.5. The normalized spacial score (nSPS) is 11.2. The number of esters is 1. The number of halogens is 2. The van der Waals surface area contributed by atoms with Gasteiger partial charge in [-0.3, -0.25) is 4.79 Å². The number of nitrogens with one attached hydrogen (secondary N) is 1. The summed E-state index contributed by atoms with van der Waals surface area (Å²) in [5.74, 6) is -2.22. The van der Waals surface area contributed by atoms with Crippen LogP contribution in [0.4, 0.5) is 4.39 Å². The van der Waals surface area contributed by atoms with E-state index >= 15 is 0 Å². The fraction of sp³-hybridized carbons (Fsp3) is 0.125. The van der Waals surface area contributed by atoms with E-state index in [-0.39, 0.29) is 27.7 Å². The minimum atomic E-state index is -3.93. The molecule has 0 aliphatic carbocycles. The smallest absolute Gasteiger partial charge is 0.338 e. The van der Waals surface area contributed by atoms with Crippen LogP contribution in [0, 0.1) is 5.82 Å². The number of primary amides is 1. The Hall–Kier alpha value is -2.49. The fourth-order valence-electron chi connectivity index (χ4n) is 1.91. The minimum absolute atomic E-state index is 0.0392. The van der Waals surface area contributed by atoms with Gasteiger partial charge in [-0.25, -0.2) is 22.3 Å². The first-order valence-corrected chi connectivity index (χ1v) is 9.05. The van der Waals surface area contributed by atoms with Gasteiger partial charge in [0, 0.05) is 5.56 Å². The van der Waals surface area contributed by atoms with E-state index < -0.39 is 34.3 Å². The zero-order chi connectivity index (χ0) is 19.3. The summed E-state index contributed by atoms with van der Waals surface area (Å²) in [7, 11) is -3.93. The van der Waals surface area contributed by atoms with Crippen molar-refractivity contribution in [2.75, 3.05) is 6.54 Å². The van der Waals surface area contributed by atoms with Gasteiger partial charge in [0.1, 0.15) is 12.4 Å². The van der Waals surface area contributed by atoms with Crippen molar-refractivity contribution in [3.8, 4) is 0 Å². The van der Waals surface area contributed by atoms with Gasteiger partial charge in [-0.2, -0.15) is 0 Å². The molecular formula is C16H14ClFN2O5S. The molecule has 1 amide bonds. The van der Waals surface area contributed by atoms with Crippen molar-refractivity contribution < 1.29 is 27.1 Å². The SMILES string of the molecule is NC(=O)CNS(=O)(=O)c1ccc(C(=O)OCc2c(F)cccc2Cl)cc1. The van der Waals surface area contributed by atoms with Gasteiger partial charge in [0.2, 0.25) is 15.9 Å². The van der Waals surface area contributed by atoms with Crippen molar-refractivity contribution in [1.82, 2.24) is 4.72 Å². The Morgan fingerprint density at radius 2 is 1.81 bits per heavy atom. The van der Waals surface area contributed by atoms with Crippen LogP contribution < -0.4 is 10.5 Å². The summed E-state index contributed by atoms with van der Waals surface area (Å²) >= 11 is 5.84. The van der Waals surface area contributed by atoms with Gasteiger partial charge in [-0.1, -0.05) is 17.7 Å². The molecule has 0 aromatic heterocycles. The molecule has 2 aromatic carbocycles. The molecule has 0 radical (unpaired) electrons. The lowest BCUT2D eigenvalue weighted by Gasteiger charge is -2.09. The van der Waals surface area contributed by atoms with Gasteiger partial charge >= 0.3 is 5.97 Å². The molecule has 0 fully saturated rings. The number of carbonyl (C=O) groups is 2. The molecule has 0 unspecified atom stereocenters. The van der Waals surface area contributed by atoms with Crippen LogP contribution in [-0.4, -0.2) is 26.8 Å². The van der Waals surface area contributed by atoms with Crippen LogP contribution in [0.2, 0.25) is 5.02 Å². The van der Waals surface area contributed by atoms with Gasteiger partial charge in [0.15, 0.2) is 0 Å². The van der Waals surface area contributed by atoms with Gasteiger partial charge in [0.05, 0.1) is 22.0 Å². The number of carbonyl (C=O) groups excluding carboxylic acids is 2. The highest BCUT2D eigenvalue weighted by Gasteiger charge is 2.16. The molecule has 0 aliphatic rings. The third kappa shape index (κ3) is 5.01. The number of ether oxygens (including phenoxy) is 1. The number of benzene rings is 2. The molecule has 3 N–H and O–H groups in total. The number of nitrogens with two attached hydrogens (primary N) is 1. The Labute approximate surface area is 154 Å². The van der Waals surface area contributed by atoms with Crippen molar-refractivity contribution in [2.45, 2.75) is 11.5 Å². The minimum Gasteiger partial charge on any atom is -0.457 e. The Kier molecular flexibility index (Phi) is 6.30. The zero-order valence-corrected chi connectivity index (χ0v) is 14.8. The molecule has 0 saturated heterocycles. The topological polar surface area (TPSA) is 116 Å². The van der Waals surface area contributed by atoms with Crippen molar-refractivity contribution in [3.05, 3.63) is 64.4 Å². The molecule has 0 bridgehead atoms. The van der Waals surface area contributed by atoms with Gasteiger partial charge in [0.25, 0.3) is 0 Å². The Bertz CT molecular complexity index is 912. The van der Waals surface area contributed by atoms with Crippen molar-refractivity contribution in [2.24, 2.45) is 5.73 Å². The van der Waals surface area contributed by atoms with Gasteiger partial charge < -0.3 is 10.5 Å². The number of amides is 1. The Morgan fingerprint density at radius 1 is 1.15 bits per heavy atom. The summed E-state index contributed by atoms with van der Waals surface area (Å²) < 4.78 is 44.5. The van der Waals surface area contributed by atoms with Crippen LogP contribution in [0.5, 0.6) is 0 Å². The van der Waals surface area contributed by atoms with E-state index in [1.165, 1.54) is 30.3 Å². The highest BCUT2D eigenvalue weighted by Crippen LogP contribution is 2.20. The summed E-state index contributed by atoms with van der Waals surface area (Å²) in [6.45, 7) is -0.917. The van der Waals surface area contributed by atoms with E-state index in [1.54, 1.807) is 0 Å². The van der Waals surface area contributed by atoms with E-state index in [4.69, 9.17) is 22.1 Å². The van der Waals surface area contributed by atoms with Crippen LogP contribution >= 0.6 is 11.6 Å². The molecule has 0 aliphatic heterocycles. The molecule has 10 heteroatoms. The highest BCUT2D eigenvalue weighted by molar-refractivity contribution is 7.89. The molecule has 26 heavy (non-hydrogen) atoms. The summed E-state index contributed by atoms with van der Waals surface area (Å²) in [6, 6.07) is 8.86. The average Bonchev–Trinajstić information content (AvgIpc) is 2.59. The molecule has 0 heterocycles. The number of sulfonamides is 1. The van der Waals surface area contributed by atoms with Crippen LogP contribution in [0.3, 0.4) is 0 Å². The maximum atomic E-state index is 13.6. The largest absolute Gasteiger partial charge is 0.457 e. The lowest BCUT2D eigenvalue weighted by molar-refractivity contribution is -0.116. The first-order valence-electron chi connectivity index (χ1n) is 7.19. The molecule has 7 nitrogen and oxygen atoms in total. The Morgan fingerprint density at radius 3 is 2.38 bits per heavy atom. The zero-order valence-electron chi connectivity index (χ0n) is 13.2. The number of hydrogen-bond acceptors (Lipinski definition) is 5. The van der Waals surface area contributed by atoms with E-state index in [0.717, 1.165) is 12.1 Å². The van der Waals surface area contributed by atoms with E-state index in [1.807, 2.05) is 4.72 Å². The molecule has 2 aromatic rings. The van der Waals surface area contributed by atoms with Crippen LogP contribution in [0.25, 0.3) is 0 Å². The predicted octanol–water partition coefficient (Wildman–Crippen LogP) is 1.60. The van der Waals surface area contributed by atoms with Crippen LogP contribution in [0.15, 0.2) is 47.4 Å². The molecule has 0 spiro atoms. The third-order valence-corrected chi connectivity index (χ3v) is 5.02. The molecule has 138 valence electrons. The van der Waals surface area contributed by atoms with E-state index in [0.29, 0.717) is 0 Å². The average molecular weight is 401 g/mol. The Balaban J connectivity index is 2.06. The van der Waals surface area contributed by atoms with Crippen molar-refractivity contribution >= 4 is 33.5 Å². The second-order valence-electron chi connectivity index (χ2n) is 5.09. The quantitative estimate of drug-likeness (QED) is 0.685. The number of rotatable bonds is 7.